The van der Waals surface area contributed by atoms with Crippen molar-refractivity contribution in [3.63, 3.8) is 0 Å². The van der Waals surface area contributed by atoms with Crippen molar-refractivity contribution in [2.24, 2.45) is 0 Å². The molecular weight excluding hydrogens is 305 g/mol. The Bertz CT molecular complexity index is 605. The van der Waals surface area contributed by atoms with E-state index in [1.54, 1.807) is 19.2 Å². The largest absolute Gasteiger partial charge is 0.384 e. The van der Waals surface area contributed by atoms with E-state index in [0.717, 1.165) is 29.5 Å². The number of morpholine rings is 1. The van der Waals surface area contributed by atoms with Crippen LogP contribution in [-0.2, 0) is 15.9 Å². The number of hydrogen-bond donors (Lipinski definition) is 0. The van der Waals surface area contributed by atoms with Crippen LogP contribution in [0.5, 0.6) is 0 Å². The van der Waals surface area contributed by atoms with E-state index in [-0.39, 0.29) is 11.9 Å². The molecule has 7 heteroatoms. The molecule has 0 spiro atoms. The molecule has 0 aliphatic carbocycles. The Morgan fingerprint density at radius 3 is 3.00 bits per heavy atom. The van der Waals surface area contributed by atoms with Gasteiger partial charge in [-0.1, -0.05) is 12.1 Å². The minimum atomic E-state index is -0.233. The summed E-state index contributed by atoms with van der Waals surface area (Å²) in [6.45, 7) is 2.73. The van der Waals surface area contributed by atoms with Gasteiger partial charge in [-0.2, -0.15) is 4.37 Å². The predicted molar refractivity (Wildman–Crippen MR) is 82.8 cm³/mol. The second-order valence-corrected chi connectivity index (χ2v) is 5.82. The Labute approximate surface area is 132 Å². The van der Waals surface area contributed by atoms with Crippen molar-refractivity contribution in [3.8, 4) is 0 Å². The van der Waals surface area contributed by atoms with Crippen molar-refractivity contribution in [2.75, 3.05) is 38.3 Å². The normalized spacial score (nSPS) is 18.6. The highest BCUT2D eigenvalue weighted by atomic mass is 32.1. The molecule has 1 fully saturated rings. The number of halogens is 1. The van der Waals surface area contributed by atoms with Crippen LogP contribution in [0.15, 0.2) is 24.3 Å². The maximum Gasteiger partial charge on any atom is 0.205 e. The van der Waals surface area contributed by atoms with Gasteiger partial charge in [0.15, 0.2) is 0 Å². The van der Waals surface area contributed by atoms with E-state index in [1.165, 1.54) is 23.7 Å². The molecule has 0 bridgehead atoms. The summed E-state index contributed by atoms with van der Waals surface area (Å²) in [7, 11) is 1.67. The van der Waals surface area contributed by atoms with E-state index in [2.05, 4.69) is 14.3 Å². The number of anilines is 1. The summed E-state index contributed by atoms with van der Waals surface area (Å²) < 4.78 is 28.2. The fourth-order valence-electron chi connectivity index (χ4n) is 2.37. The van der Waals surface area contributed by atoms with E-state index in [4.69, 9.17) is 9.47 Å². The SMILES string of the molecule is COCCc1nsc(N2CCOC(c3ccc(F)cc3)C2)n1. The third-order valence-corrected chi connectivity index (χ3v) is 4.38. The van der Waals surface area contributed by atoms with Gasteiger partial charge in [0.2, 0.25) is 5.13 Å². The lowest BCUT2D eigenvalue weighted by molar-refractivity contribution is 0.0397. The number of hydrogen-bond acceptors (Lipinski definition) is 6. The van der Waals surface area contributed by atoms with E-state index in [1.807, 2.05) is 0 Å². The lowest BCUT2D eigenvalue weighted by Gasteiger charge is -2.32. The molecule has 1 saturated heterocycles. The second kappa shape index (κ2) is 7.13. The lowest BCUT2D eigenvalue weighted by Crippen LogP contribution is -2.38. The summed E-state index contributed by atoms with van der Waals surface area (Å²) in [5.74, 6) is 0.579. The number of methoxy groups -OCH3 is 1. The monoisotopic (exact) mass is 323 g/mol. The smallest absolute Gasteiger partial charge is 0.205 e. The van der Waals surface area contributed by atoms with Gasteiger partial charge in [-0.25, -0.2) is 9.37 Å². The summed E-state index contributed by atoms with van der Waals surface area (Å²) in [4.78, 5) is 6.72. The molecule has 0 amide bonds. The van der Waals surface area contributed by atoms with Gasteiger partial charge in [0.1, 0.15) is 17.7 Å². The Kier molecular flexibility index (Phi) is 4.97. The van der Waals surface area contributed by atoms with Gasteiger partial charge in [0.05, 0.1) is 19.8 Å². The quantitative estimate of drug-likeness (QED) is 0.846. The highest BCUT2D eigenvalue weighted by Crippen LogP contribution is 2.27. The highest BCUT2D eigenvalue weighted by molar-refractivity contribution is 7.09. The number of ether oxygens (including phenoxy) is 2. The summed E-state index contributed by atoms with van der Waals surface area (Å²) in [6, 6.07) is 6.47. The number of rotatable bonds is 5. The van der Waals surface area contributed by atoms with E-state index in [0.29, 0.717) is 19.8 Å². The van der Waals surface area contributed by atoms with Gasteiger partial charge < -0.3 is 14.4 Å². The van der Waals surface area contributed by atoms with Gasteiger partial charge in [0.25, 0.3) is 0 Å². The van der Waals surface area contributed by atoms with Crippen molar-refractivity contribution >= 4 is 16.7 Å². The maximum atomic E-state index is 13.0. The van der Waals surface area contributed by atoms with Crippen molar-refractivity contribution in [1.29, 1.82) is 0 Å². The first-order valence-corrected chi connectivity index (χ1v) is 7.97. The molecule has 0 radical (unpaired) electrons. The van der Waals surface area contributed by atoms with Gasteiger partial charge >= 0.3 is 0 Å². The zero-order valence-corrected chi connectivity index (χ0v) is 13.2. The first kappa shape index (κ1) is 15.3. The fourth-order valence-corrected chi connectivity index (χ4v) is 3.12. The topological polar surface area (TPSA) is 47.5 Å². The molecule has 2 heterocycles. The van der Waals surface area contributed by atoms with Crippen molar-refractivity contribution in [3.05, 3.63) is 41.5 Å². The summed E-state index contributed by atoms with van der Waals surface area (Å²) >= 11 is 1.40. The molecular formula is C15H18FN3O2S. The first-order chi connectivity index (χ1) is 10.8. The first-order valence-electron chi connectivity index (χ1n) is 7.20. The van der Waals surface area contributed by atoms with Crippen molar-refractivity contribution in [2.45, 2.75) is 12.5 Å². The molecule has 1 aliphatic heterocycles. The van der Waals surface area contributed by atoms with Crippen LogP contribution in [0, 0.1) is 5.82 Å². The third-order valence-electron chi connectivity index (χ3n) is 3.57. The summed E-state index contributed by atoms with van der Waals surface area (Å²) in [5, 5.41) is 0.904. The molecule has 1 unspecified atom stereocenters. The molecule has 1 aliphatic rings. The minimum Gasteiger partial charge on any atom is -0.384 e. The van der Waals surface area contributed by atoms with Crippen LogP contribution in [0.25, 0.3) is 0 Å². The minimum absolute atomic E-state index is 0.0688. The van der Waals surface area contributed by atoms with Crippen molar-refractivity contribution in [1.82, 2.24) is 9.36 Å². The average molecular weight is 323 g/mol. The molecule has 1 atom stereocenters. The molecule has 22 heavy (non-hydrogen) atoms. The van der Waals surface area contributed by atoms with Crippen LogP contribution in [-0.4, -0.2) is 42.8 Å². The Balaban J connectivity index is 1.67. The molecule has 3 rings (SSSR count). The van der Waals surface area contributed by atoms with Gasteiger partial charge in [-0.3, -0.25) is 0 Å². The Morgan fingerprint density at radius 2 is 2.23 bits per heavy atom. The fraction of sp³-hybridized carbons (Fsp3) is 0.467. The van der Waals surface area contributed by atoms with Crippen LogP contribution >= 0.6 is 11.5 Å². The average Bonchev–Trinajstić information content (AvgIpc) is 3.03. The Hall–Kier alpha value is -1.57. The van der Waals surface area contributed by atoms with Crippen LogP contribution < -0.4 is 4.90 Å². The molecule has 0 N–H and O–H groups in total. The van der Waals surface area contributed by atoms with Crippen LogP contribution in [0.4, 0.5) is 9.52 Å². The summed E-state index contributed by atoms with van der Waals surface area (Å²) in [6.07, 6.45) is 0.652. The second-order valence-electron chi connectivity index (χ2n) is 5.09. The predicted octanol–water partition coefficient (Wildman–Crippen LogP) is 2.44. The molecule has 118 valence electrons. The molecule has 0 saturated carbocycles. The zero-order chi connectivity index (χ0) is 15.4. The third kappa shape index (κ3) is 3.60. The van der Waals surface area contributed by atoms with Crippen molar-refractivity contribution < 1.29 is 13.9 Å². The Morgan fingerprint density at radius 1 is 1.41 bits per heavy atom. The number of nitrogens with zero attached hydrogens (tertiary/aromatic N) is 3. The zero-order valence-electron chi connectivity index (χ0n) is 12.4. The highest BCUT2D eigenvalue weighted by Gasteiger charge is 2.24. The van der Waals surface area contributed by atoms with E-state index in [9.17, 15) is 4.39 Å². The molecule has 2 aromatic rings. The van der Waals surface area contributed by atoms with E-state index < -0.39 is 0 Å². The van der Waals surface area contributed by atoms with Gasteiger partial charge in [-0.05, 0) is 17.7 Å². The number of benzene rings is 1. The lowest BCUT2D eigenvalue weighted by atomic mass is 10.1. The maximum absolute atomic E-state index is 13.0. The van der Waals surface area contributed by atoms with Crippen LogP contribution in [0.3, 0.4) is 0 Å². The van der Waals surface area contributed by atoms with Gasteiger partial charge in [0, 0.05) is 31.6 Å². The summed E-state index contributed by atoms with van der Waals surface area (Å²) in [5.41, 5.74) is 0.982. The van der Waals surface area contributed by atoms with Crippen LogP contribution in [0.1, 0.15) is 17.5 Å². The van der Waals surface area contributed by atoms with Gasteiger partial charge in [-0.15, -0.1) is 0 Å². The standard InChI is InChI=1S/C15H18FN3O2S/c1-20-8-6-14-17-15(22-18-14)19-7-9-21-13(10-19)11-2-4-12(16)5-3-11/h2-5,13H,6-10H2,1H3. The van der Waals surface area contributed by atoms with Crippen LogP contribution in [0.2, 0.25) is 0 Å². The molecule has 5 nitrogen and oxygen atoms in total. The van der Waals surface area contributed by atoms with E-state index >= 15 is 0 Å². The molecule has 1 aromatic heterocycles. The number of aromatic nitrogens is 2. The molecule has 1 aromatic carbocycles.